The van der Waals surface area contributed by atoms with E-state index in [1.807, 2.05) is 0 Å². The summed E-state index contributed by atoms with van der Waals surface area (Å²) in [4.78, 5) is 11.6. The van der Waals surface area contributed by atoms with Gasteiger partial charge in [-0.25, -0.2) is 0 Å². The number of carbonyl (C=O) groups excluding carboxylic acids is 1. The Bertz CT molecular complexity index is 318. The van der Waals surface area contributed by atoms with Crippen LogP contribution in [0.2, 0.25) is 0 Å². The molecule has 0 aromatic rings. The normalized spacial score (nSPS) is 32.7. The van der Waals surface area contributed by atoms with Crippen molar-refractivity contribution in [3.63, 3.8) is 0 Å². The van der Waals surface area contributed by atoms with Crippen molar-refractivity contribution in [2.75, 3.05) is 6.61 Å². The quantitative estimate of drug-likeness (QED) is 0.775. The van der Waals surface area contributed by atoms with Crippen molar-refractivity contribution in [2.24, 2.45) is 0 Å². The first-order valence-corrected chi connectivity index (χ1v) is 6.74. The summed E-state index contributed by atoms with van der Waals surface area (Å²) in [5.74, 6) is 0.0100. The number of Topliss-reactive ketones (excluding diaryl/α,β-unsaturated/α-hetero) is 1. The predicted octanol–water partition coefficient (Wildman–Crippen LogP) is 2.05. The zero-order valence-corrected chi connectivity index (χ0v) is 11.2. The van der Waals surface area contributed by atoms with E-state index in [-0.39, 0.29) is 18.6 Å². The molecule has 0 aromatic heterocycles. The minimum atomic E-state index is -2.49. The lowest BCUT2D eigenvalue weighted by molar-refractivity contribution is -0.219. The van der Waals surface area contributed by atoms with Gasteiger partial charge in [-0.3, -0.25) is 9.36 Å². The largest absolute Gasteiger partial charge is 0.329 e. The molecule has 1 heterocycles. The Morgan fingerprint density at radius 2 is 2.00 bits per heavy atom. The molecular weight excluding hydrogens is 229 g/mol. The second kappa shape index (κ2) is 4.57. The number of carbonyl (C=O) groups is 1. The summed E-state index contributed by atoms with van der Waals surface area (Å²) >= 11 is 0. The van der Waals surface area contributed by atoms with Gasteiger partial charge in [-0.05, 0) is 27.7 Å². The fraction of sp³-hybridized carbons (Fsp3) is 0.900. The Hall–Kier alpha value is -0.220. The van der Waals surface area contributed by atoms with Gasteiger partial charge in [0.1, 0.15) is 11.1 Å². The minimum absolute atomic E-state index is 0.0100. The Kier molecular flexibility index (Phi) is 3.95. The van der Waals surface area contributed by atoms with Crippen LogP contribution in [0, 0.1) is 0 Å². The van der Waals surface area contributed by atoms with Crippen LogP contribution in [0.15, 0.2) is 0 Å². The van der Waals surface area contributed by atoms with Gasteiger partial charge >= 0.3 is 0 Å². The number of hydrogen-bond acceptors (Lipinski definition) is 5. The van der Waals surface area contributed by atoms with Gasteiger partial charge in [0.25, 0.3) is 0 Å². The third kappa shape index (κ3) is 2.38. The number of hydroxylamine groups is 2. The molecule has 1 aliphatic rings. The molecule has 0 bridgehead atoms. The van der Waals surface area contributed by atoms with E-state index in [2.05, 4.69) is 0 Å². The van der Waals surface area contributed by atoms with Gasteiger partial charge in [-0.1, -0.05) is 0 Å². The van der Waals surface area contributed by atoms with Crippen molar-refractivity contribution in [3.05, 3.63) is 0 Å². The number of piperidine rings is 1. The highest BCUT2D eigenvalue weighted by molar-refractivity contribution is 7.41. The third-order valence-electron chi connectivity index (χ3n) is 2.93. The van der Waals surface area contributed by atoms with Crippen LogP contribution in [0.1, 0.15) is 40.5 Å². The molecule has 0 aromatic carbocycles. The molecule has 2 unspecified atom stereocenters. The van der Waals surface area contributed by atoms with Crippen LogP contribution in [0.5, 0.6) is 0 Å². The van der Waals surface area contributed by atoms with Gasteiger partial charge in [0.2, 0.25) is 8.03 Å². The lowest BCUT2D eigenvalue weighted by Gasteiger charge is -2.48. The van der Waals surface area contributed by atoms with Crippen molar-refractivity contribution >= 4 is 13.8 Å². The lowest BCUT2D eigenvalue weighted by Crippen LogP contribution is -2.59. The van der Waals surface area contributed by atoms with Crippen molar-refractivity contribution in [3.8, 4) is 0 Å². The molecule has 0 radical (unpaired) electrons. The second-order valence-electron chi connectivity index (χ2n) is 5.01. The van der Waals surface area contributed by atoms with Gasteiger partial charge in [0.15, 0.2) is 0 Å². The molecule has 0 saturated carbocycles. The van der Waals surface area contributed by atoms with Crippen LogP contribution in [-0.2, 0) is 13.9 Å². The Morgan fingerprint density at radius 1 is 1.44 bits per heavy atom. The van der Waals surface area contributed by atoms with Gasteiger partial charge in [-0.15, -0.1) is 0 Å². The number of ketones is 1. The first kappa shape index (κ1) is 13.8. The standard InChI is InChI=1S/C10H20NO4P/c1-5-15-16(14)10(4)7-8(12)6-9(2,3)11(10)13/h13,16H,5-7H2,1-4H3. The second-order valence-corrected chi connectivity index (χ2v) is 6.95. The van der Waals surface area contributed by atoms with Gasteiger partial charge in [0, 0.05) is 18.4 Å². The van der Waals surface area contributed by atoms with Crippen molar-refractivity contribution in [1.82, 2.24) is 5.06 Å². The van der Waals surface area contributed by atoms with E-state index >= 15 is 0 Å². The highest BCUT2D eigenvalue weighted by atomic mass is 31.1. The van der Waals surface area contributed by atoms with Crippen LogP contribution < -0.4 is 0 Å². The molecule has 1 saturated heterocycles. The van der Waals surface area contributed by atoms with E-state index in [0.717, 1.165) is 5.06 Å². The van der Waals surface area contributed by atoms with E-state index in [9.17, 15) is 14.6 Å². The van der Waals surface area contributed by atoms with E-state index < -0.39 is 18.8 Å². The molecule has 0 spiro atoms. The van der Waals surface area contributed by atoms with Crippen LogP contribution in [0.3, 0.4) is 0 Å². The number of nitrogens with zero attached hydrogens (tertiary/aromatic N) is 1. The average molecular weight is 249 g/mol. The molecule has 94 valence electrons. The maximum atomic E-state index is 12.0. The zero-order valence-electron chi connectivity index (χ0n) is 10.2. The Balaban J connectivity index is 3.01. The summed E-state index contributed by atoms with van der Waals surface area (Å²) in [6.07, 6.45) is 0.338. The van der Waals surface area contributed by atoms with E-state index in [0.29, 0.717) is 6.61 Å². The summed E-state index contributed by atoms with van der Waals surface area (Å²) in [7, 11) is -2.49. The fourth-order valence-corrected chi connectivity index (χ4v) is 3.58. The Labute approximate surface area is 96.6 Å². The van der Waals surface area contributed by atoms with E-state index in [4.69, 9.17) is 4.52 Å². The molecule has 5 nitrogen and oxygen atoms in total. The third-order valence-corrected chi connectivity index (χ3v) is 4.75. The molecule has 1 aliphatic heterocycles. The summed E-state index contributed by atoms with van der Waals surface area (Å²) in [6.45, 7) is 7.18. The van der Waals surface area contributed by atoms with Crippen molar-refractivity contribution < 1.29 is 19.1 Å². The smallest absolute Gasteiger partial charge is 0.213 e. The summed E-state index contributed by atoms with van der Waals surface area (Å²) in [5, 5.41) is 10.1. The summed E-state index contributed by atoms with van der Waals surface area (Å²) in [5.41, 5.74) is -0.693. The molecule has 2 atom stereocenters. The van der Waals surface area contributed by atoms with Crippen LogP contribution in [0.25, 0.3) is 0 Å². The highest BCUT2D eigenvalue weighted by Crippen LogP contribution is 2.50. The van der Waals surface area contributed by atoms with Gasteiger partial charge in [0.05, 0.1) is 6.61 Å². The molecule has 1 fully saturated rings. The number of hydrogen-bond donors (Lipinski definition) is 1. The maximum Gasteiger partial charge on any atom is 0.213 e. The Morgan fingerprint density at radius 3 is 2.50 bits per heavy atom. The average Bonchev–Trinajstić information content (AvgIpc) is 2.13. The number of rotatable bonds is 3. The van der Waals surface area contributed by atoms with Gasteiger partial charge < -0.3 is 9.73 Å². The first-order valence-electron chi connectivity index (χ1n) is 5.42. The van der Waals surface area contributed by atoms with E-state index in [1.54, 1.807) is 27.7 Å². The SMILES string of the molecule is CCO[PH](=O)C1(C)CC(=O)CC(C)(C)N1O. The summed E-state index contributed by atoms with van der Waals surface area (Å²) in [6, 6.07) is 0. The molecule has 1 N–H and O–H groups in total. The minimum Gasteiger partial charge on any atom is -0.329 e. The topological polar surface area (TPSA) is 66.8 Å². The van der Waals surface area contributed by atoms with Crippen LogP contribution >= 0.6 is 8.03 Å². The maximum absolute atomic E-state index is 12.0. The monoisotopic (exact) mass is 249 g/mol. The molecular formula is C10H20NO4P. The predicted molar refractivity (Wildman–Crippen MR) is 61.0 cm³/mol. The van der Waals surface area contributed by atoms with Crippen molar-refractivity contribution in [1.29, 1.82) is 0 Å². The fourth-order valence-electron chi connectivity index (χ4n) is 2.19. The molecule has 0 amide bonds. The molecule has 6 heteroatoms. The van der Waals surface area contributed by atoms with Crippen LogP contribution in [0.4, 0.5) is 0 Å². The first-order chi connectivity index (χ1) is 7.24. The molecule has 1 rings (SSSR count). The molecule has 16 heavy (non-hydrogen) atoms. The zero-order chi connectivity index (χ0) is 12.6. The summed E-state index contributed by atoms with van der Waals surface area (Å²) < 4.78 is 17.1. The van der Waals surface area contributed by atoms with Crippen LogP contribution in [-0.4, -0.2) is 33.5 Å². The van der Waals surface area contributed by atoms with Crippen molar-refractivity contribution in [2.45, 2.75) is 51.4 Å². The highest BCUT2D eigenvalue weighted by Gasteiger charge is 2.51. The molecule has 0 aliphatic carbocycles. The van der Waals surface area contributed by atoms with Gasteiger partial charge in [-0.2, -0.15) is 5.06 Å². The lowest BCUT2D eigenvalue weighted by atomic mass is 9.88. The van der Waals surface area contributed by atoms with E-state index in [1.165, 1.54) is 0 Å².